The molecule has 0 amide bonds. The normalized spacial score (nSPS) is 29.0. The van der Waals surface area contributed by atoms with E-state index in [-0.39, 0.29) is 18.1 Å². The zero-order valence-corrected chi connectivity index (χ0v) is 7.43. The van der Waals surface area contributed by atoms with E-state index >= 15 is 0 Å². The standard InChI is InChI=1S/C8H14N4O/c9-8-10-5-12(11-8)6-3-1-2-4-7(6)13/h5-7,13H,1-4H2,(H2,9,11). The molecule has 0 radical (unpaired) electrons. The third-order valence-corrected chi connectivity index (χ3v) is 2.56. The molecule has 2 rings (SSSR count). The molecule has 3 N–H and O–H groups in total. The summed E-state index contributed by atoms with van der Waals surface area (Å²) < 4.78 is 1.68. The molecule has 0 aromatic carbocycles. The van der Waals surface area contributed by atoms with Crippen molar-refractivity contribution in [1.29, 1.82) is 0 Å². The van der Waals surface area contributed by atoms with Gasteiger partial charge in [0, 0.05) is 0 Å². The Morgan fingerprint density at radius 2 is 2.23 bits per heavy atom. The van der Waals surface area contributed by atoms with Crippen molar-refractivity contribution in [2.75, 3.05) is 5.73 Å². The molecule has 1 aromatic heterocycles. The van der Waals surface area contributed by atoms with Crippen LogP contribution in [0.4, 0.5) is 5.95 Å². The fourth-order valence-corrected chi connectivity index (χ4v) is 1.85. The highest BCUT2D eigenvalue weighted by atomic mass is 16.3. The molecule has 0 saturated heterocycles. The second-order valence-electron chi connectivity index (χ2n) is 3.50. The van der Waals surface area contributed by atoms with Crippen LogP contribution in [0.5, 0.6) is 0 Å². The van der Waals surface area contributed by atoms with Crippen molar-refractivity contribution < 1.29 is 5.11 Å². The van der Waals surface area contributed by atoms with Gasteiger partial charge in [-0.25, -0.2) is 9.67 Å². The Labute approximate surface area is 76.6 Å². The predicted molar refractivity (Wildman–Crippen MR) is 47.9 cm³/mol. The molecular weight excluding hydrogens is 168 g/mol. The second kappa shape index (κ2) is 3.33. The predicted octanol–water partition coefficient (Wildman–Crippen LogP) is 0.336. The molecule has 0 aliphatic heterocycles. The van der Waals surface area contributed by atoms with Crippen molar-refractivity contribution >= 4 is 5.95 Å². The van der Waals surface area contributed by atoms with E-state index in [0.717, 1.165) is 25.7 Å². The molecule has 1 saturated carbocycles. The van der Waals surface area contributed by atoms with Crippen LogP contribution in [0, 0.1) is 0 Å². The van der Waals surface area contributed by atoms with Crippen molar-refractivity contribution in [1.82, 2.24) is 14.8 Å². The Morgan fingerprint density at radius 3 is 2.85 bits per heavy atom. The summed E-state index contributed by atoms with van der Waals surface area (Å²) in [7, 11) is 0. The van der Waals surface area contributed by atoms with Crippen LogP contribution in [-0.4, -0.2) is 26.0 Å². The first kappa shape index (κ1) is 8.50. The highest BCUT2D eigenvalue weighted by Crippen LogP contribution is 2.27. The quantitative estimate of drug-likeness (QED) is 0.656. The van der Waals surface area contributed by atoms with Crippen LogP contribution in [0.2, 0.25) is 0 Å². The van der Waals surface area contributed by atoms with Crippen LogP contribution < -0.4 is 5.73 Å². The molecule has 2 unspecified atom stereocenters. The highest BCUT2D eigenvalue weighted by molar-refractivity contribution is 5.09. The number of hydrogen-bond donors (Lipinski definition) is 2. The summed E-state index contributed by atoms with van der Waals surface area (Å²) in [6.45, 7) is 0. The molecule has 1 heterocycles. The van der Waals surface area contributed by atoms with Gasteiger partial charge in [0.15, 0.2) is 0 Å². The van der Waals surface area contributed by atoms with Crippen LogP contribution in [-0.2, 0) is 0 Å². The summed E-state index contributed by atoms with van der Waals surface area (Å²) in [5.74, 6) is 0.276. The van der Waals surface area contributed by atoms with E-state index in [1.165, 1.54) is 0 Å². The molecule has 5 heteroatoms. The number of nitrogens with zero attached hydrogens (tertiary/aromatic N) is 3. The summed E-state index contributed by atoms with van der Waals surface area (Å²) in [5.41, 5.74) is 5.41. The van der Waals surface area contributed by atoms with E-state index in [0.29, 0.717) is 0 Å². The molecule has 1 aliphatic carbocycles. The Kier molecular flexibility index (Phi) is 2.18. The number of nitrogen functional groups attached to an aromatic ring is 1. The lowest BCUT2D eigenvalue weighted by Gasteiger charge is -2.27. The van der Waals surface area contributed by atoms with Gasteiger partial charge in [-0.3, -0.25) is 0 Å². The van der Waals surface area contributed by atoms with Gasteiger partial charge in [-0.2, -0.15) is 0 Å². The minimum absolute atomic E-state index is 0.0681. The molecule has 1 fully saturated rings. The summed E-state index contributed by atoms with van der Waals surface area (Å²) in [5, 5.41) is 13.7. The molecule has 1 aliphatic rings. The molecule has 5 nitrogen and oxygen atoms in total. The summed E-state index contributed by atoms with van der Waals surface area (Å²) in [6, 6.07) is 0.0681. The van der Waals surface area contributed by atoms with E-state index in [1.807, 2.05) is 0 Å². The number of rotatable bonds is 1. The molecule has 72 valence electrons. The van der Waals surface area contributed by atoms with Crippen molar-refractivity contribution in [2.24, 2.45) is 0 Å². The number of aliphatic hydroxyl groups is 1. The zero-order chi connectivity index (χ0) is 9.26. The van der Waals surface area contributed by atoms with Gasteiger partial charge >= 0.3 is 0 Å². The minimum Gasteiger partial charge on any atom is -0.391 e. The van der Waals surface area contributed by atoms with Crippen molar-refractivity contribution in [3.8, 4) is 0 Å². The van der Waals surface area contributed by atoms with E-state index in [4.69, 9.17) is 5.73 Å². The molecule has 0 bridgehead atoms. The van der Waals surface area contributed by atoms with Crippen molar-refractivity contribution in [3.63, 3.8) is 0 Å². The molecule has 2 atom stereocenters. The SMILES string of the molecule is Nc1ncn(C2CCCCC2O)n1. The Morgan fingerprint density at radius 1 is 1.46 bits per heavy atom. The lowest BCUT2D eigenvalue weighted by Crippen LogP contribution is -2.27. The fourth-order valence-electron chi connectivity index (χ4n) is 1.85. The van der Waals surface area contributed by atoms with Crippen LogP contribution in [0.3, 0.4) is 0 Å². The van der Waals surface area contributed by atoms with Gasteiger partial charge in [-0.05, 0) is 12.8 Å². The fraction of sp³-hybridized carbons (Fsp3) is 0.750. The summed E-state index contributed by atoms with van der Waals surface area (Å²) >= 11 is 0. The first-order valence-corrected chi connectivity index (χ1v) is 4.62. The van der Waals surface area contributed by atoms with Gasteiger partial charge in [-0.15, -0.1) is 5.10 Å². The first-order valence-electron chi connectivity index (χ1n) is 4.62. The van der Waals surface area contributed by atoms with Crippen molar-refractivity contribution in [2.45, 2.75) is 37.8 Å². The molecular formula is C8H14N4O. The number of hydrogen-bond acceptors (Lipinski definition) is 4. The Hall–Kier alpha value is -1.10. The lowest BCUT2D eigenvalue weighted by atomic mass is 9.93. The number of aliphatic hydroxyl groups excluding tert-OH is 1. The van der Waals surface area contributed by atoms with Gasteiger partial charge in [0.2, 0.25) is 5.95 Å². The number of anilines is 1. The van der Waals surface area contributed by atoms with Crippen molar-refractivity contribution in [3.05, 3.63) is 6.33 Å². The van der Waals surface area contributed by atoms with Gasteiger partial charge in [0.25, 0.3) is 0 Å². The van der Waals surface area contributed by atoms with E-state index in [9.17, 15) is 5.11 Å². The average molecular weight is 182 g/mol. The number of aromatic nitrogens is 3. The van der Waals surface area contributed by atoms with Crippen LogP contribution in [0.15, 0.2) is 6.33 Å². The lowest BCUT2D eigenvalue weighted by molar-refractivity contribution is 0.0694. The van der Waals surface area contributed by atoms with Gasteiger partial charge in [0.05, 0.1) is 12.1 Å². The third kappa shape index (κ3) is 1.65. The topological polar surface area (TPSA) is 77.0 Å². The first-order chi connectivity index (χ1) is 6.27. The molecule has 13 heavy (non-hydrogen) atoms. The maximum atomic E-state index is 9.70. The van der Waals surface area contributed by atoms with Gasteiger partial charge < -0.3 is 10.8 Å². The summed E-state index contributed by atoms with van der Waals surface area (Å²) in [6.07, 6.45) is 5.35. The zero-order valence-electron chi connectivity index (χ0n) is 7.43. The largest absolute Gasteiger partial charge is 0.391 e. The Balaban J connectivity index is 2.14. The minimum atomic E-state index is -0.296. The van der Waals surface area contributed by atoms with Gasteiger partial charge in [-0.1, -0.05) is 12.8 Å². The third-order valence-electron chi connectivity index (χ3n) is 2.56. The van der Waals surface area contributed by atoms with Crippen LogP contribution in [0.25, 0.3) is 0 Å². The molecule has 0 spiro atoms. The van der Waals surface area contributed by atoms with Crippen LogP contribution >= 0.6 is 0 Å². The maximum Gasteiger partial charge on any atom is 0.239 e. The Bertz CT molecular complexity index is 285. The van der Waals surface area contributed by atoms with Gasteiger partial charge in [0.1, 0.15) is 6.33 Å². The summed E-state index contributed by atoms with van der Waals surface area (Å²) in [4.78, 5) is 3.84. The van der Waals surface area contributed by atoms with E-state index in [1.54, 1.807) is 11.0 Å². The number of nitrogens with two attached hydrogens (primary N) is 1. The monoisotopic (exact) mass is 182 g/mol. The van der Waals surface area contributed by atoms with E-state index < -0.39 is 0 Å². The average Bonchev–Trinajstić information content (AvgIpc) is 2.53. The van der Waals surface area contributed by atoms with E-state index in [2.05, 4.69) is 10.1 Å². The second-order valence-corrected chi connectivity index (χ2v) is 3.50. The molecule has 1 aromatic rings. The maximum absolute atomic E-state index is 9.70. The highest BCUT2D eigenvalue weighted by Gasteiger charge is 2.25. The van der Waals surface area contributed by atoms with Crippen LogP contribution in [0.1, 0.15) is 31.7 Å². The smallest absolute Gasteiger partial charge is 0.239 e.